The molecule has 0 saturated carbocycles. The molecule has 88 valence electrons. The van der Waals surface area contributed by atoms with E-state index in [4.69, 9.17) is 4.74 Å². The van der Waals surface area contributed by atoms with Crippen molar-refractivity contribution in [3.63, 3.8) is 0 Å². The van der Waals surface area contributed by atoms with Gasteiger partial charge in [-0.1, -0.05) is 18.2 Å². The van der Waals surface area contributed by atoms with Gasteiger partial charge in [-0.3, -0.25) is 0 Å². The first kappa shape index (κ1) is 11.6. The second-order valence-electron chi connectivity index (χ2n) is 4.66. The summed E-state index contributed by atoms with van der Waals surface area (Å²) in [5.41, 5.74) is 4.05. The Hall–Kier alpha value is -0.860. The minimum atomic E-state index is 0.335. The highest BCUT2D eigenvalue weighted by Gasteiger charge is 2.25. The molecule has 0 bridgehead atoms. The van der Waals surface area contributed by atoms with Gasteiger partial charge in [-0.25, -0.2) is 0 Å². The summed E-state index contributed by atoms with van der Waals surface area (Å²) < 4.78 is 5.77. The largest absolute Gasteiger partial charge is 0.376 e. The van der Waals surface area contributed by atoms with Crippen LogP contribution in [0, 0.1) is 13.8 Å². The Kier molecular flexibility index (Phi) is 3.62. The summed E-state index contributed by atoms with van der Waals surface area (Å²) in [6.07, 6.45) is 2.69. The van der Waals surface area contributed by atoms with Gasteiger partial charge < -0.3 is 10.1 Å². The summed E-state index contributed by atoms with van der Waals surface area (Å²) in [5.74, 6) is 0. The Labute approximate surface area is 98.0 Å². The average Bonchev–Trinajstić information content (AvgIpc) is 2.78. The van der Waals surface area contributed by atoms with Gasteiger partial charge in [0, 0.05) is 6.61 Å². The SMILES string of the molecule is CNC(c1ccc(C)c(C)c1)C1CCCO1. The molecule has 2 unspecified atom stereocenters. The molecule has 2 heteroatoms. The third-order valence-electron chi connectivity index (χ3n) is 3.54. The number of likely N-dealkylation sites (N-methyl/N-ethyl adjacent to an activating group) is 1. The fourth-order valence-corrected chi connectivity index (χ4v) is 2.39. The zero-order chi connectivity index (χ0) is 11.5. The van der Waals surface area contributed by atoms with Crippen molar-refractivity contribution in [2.24, 2.45) is 0 Å². The van der Waals surface area contributed by atoms with Gasteiger partial charge in [-0.15, -0.1) is 0 Å². The Balaban J connectivity index is 2.22. The molecule has 0 amide bonds. The Morgan fingerprint density at radius 2 is 2.12 bits per heavy atom. The lowest BCUT2D eigenvalue weighted by molar-refractivity contribution is 0.0807. The van der Waals surface area contributed by atoms with Crippen LogP contribution >= 0.6 is 0 Å². The lowest BCUT2D eigenvalue weighted by Gasteiger charge is -2.23. The van der Waals surface area contributed by atoms with E-state index in [0.29, 0.717) is 12.1 Å². The van der Waals surface area contributed by atoms with Crippen LogP contribution in [0.3, 0.4) is 0 Å². The number of nitrogens with one attached hydrogen (secondary N) is 1. The molecule has 1 saturated heterocycles. The van der Waals surface area contributed by atoms with Crippen molar-refractivity contribution >= 4 is 0 Å². The van der Waals surface area contributed by atoms with Crippen LogP contribution in [0.4, 0.5) is 0 Å². The molecule has 0 aliphatic carbocycles. The van der Waals surface area contributed by atoms with E-state index in [0.717, 1.165) is 6.61 Å². The van der Waals surface area contributed by atoms with Gasteiger partial charge >= 0.3 is 0 Å². The van der Waals surface area contributed by atoms with Gasteiger partial charge in [-0.2, -0.15) is 0 Å². The van der Waals surface area contributed by atoms with Crippen molar-refractivity contribution < 1.29 is 4.74 Å². The molecule has 1 aromatic carbocycles. The van der Waals surface area contributed by atoms with E-state index in [1.165, 1.54) is 29.5 Å². The van der Waals surface area contributed by atoms with Crippen molar-refractivity contribution in [2.45, 2.75) is 38.8 Å². The average molecular weight is 219 g/mol. The molecule has 2 rings (SSSR count). The van der Waals surface area contributed by atoms with E-state index < -0.39 is 0 Å². The van der Waals surface area contributed by atoms with Crippen molar-refractivity contribution in [3.8, 4) is 0 Å². The molecule has 1 aliphatic heterocycles. The highest BCUT2D eigenvalue weighted by molar-refractivity contribution is 5.32. The maximum atomic E-state index is 5.77. The molecule has 0 radical (unpaired) electrons. The molecule has 1 aromatic rings. The minimum absolute atomic E-state index is 0.335. The quantitative estimate of drug-likeness (QED) is 0.844. The van der Waals surface area contributed by atoms with Gasteiger partial charge in [-0.05, 0) is 50.4 Å². The molecule has 2 atom stereocenters. The van der Waals surface area contributed by atoms with Crippen molar-refractivity contribution in [1.29, 1.82) is 0 Å². The molecule has 1 heterocycles. The Bertz CT molecular complexity index is 356. The number of rotatable bonds is 3. The monoisotopic (exact) mass is 219 g/mol. The number of hydrogen-bond donors (Lipinski definition) is 1. The highest BCUT2D eigenvalue weighted by Crippen LogP contribution is 2.27. The van der Waals surface area contributed by atoms with Crippen LogP contribution in [0.2, 0.25) is 0 Å². The van der Waals surface area contributed by atoms with E-state index in [-0.39, 0.29) is 0 Å². The molecule has 1 aliphatic rings. The molecule has 0 spiro atoms. The molecule has 0 aromatic heterocycles. The normalized spacial score (nSPS) is 22.3. The van der Waals surface area contributed by atoms with E-state index in [1.807, 2.05) is 7.05 Å². The summed E-state index contributed by atoms with van der Waals surface area (Å²) in [7, 11) is 2.02. The first-order valence-electron chi connectivity index (χ1n) is 6.08. The zero-order valence-corrected chi connectivity index (χ0v) is 10.4. The minimum Gasteiger partial charge on any atom is -0.376 e. The second kappa shape index (κ2) is 4.98. The third-order valence-corrected chi connectivity index (χ3v) is 3.54. The summed E-state index contributed by atoms with van der Waals surface area (Å²) in [6.45, 7) is 5.23. The van der Waals surface area contributed by atoms with E-state index in [9.17, 15) is 0 Å². The number of hydrogen-bond acceptors (Lipinski definition) is 2. The molecule has 1 fully saturated rings. The fourth-order valence-electron chi connectivity index (χ4n) is 2.39. The van der Waals surface area contributed by atoms with Crippen LogP contribution in [0.25, 0.3) is 0 Å². The van der Waals surface area contributed by atoms with E-state index >= 15 is 0 Å². The van der Waals surface area contributed by atoms with Crippen molar-refractivity contribution in [2.75, 3.05) is 13.7 Å². The lowest BCUT2D eigenvalue weighted by Crippen LogP contribution is -2.29. The van der Waals surface area contributed by atoms with Crippen LogP contribution in [-0.4, -0.2) is 19.8 Å². The van der Waals surface area contributed by atoms with Crippen LogP contribution in [-0.2, 0) is 4.74 Å². The molecule has 16 heavy (non-hydrogen) atoms. The smallest absolute Gasteiger partial charge is 0.0770 e. The Morgan fingerprint density at radius 1 is 1.31 bits per heavy atom. The summed E-state index contributed by atoms with van der Waals surface area (Å²) in [4.78, 5) is 0. The predicted molar refractivity (Wildman–Crippen MR) is 66.7 cm³/mol. The van der Waals surface area contributed by atoms with E-state index in [1.54, 1.807) is 0 Å². The first-order chi connectivity index (χ1) is 7.72. The summed E-state index contributed by atoms with van der Waals surface area (Å²) in [6, 6.07) is 7.02. The maximum Gasteiger partial charge on any atom is 0.0770 e. The predicted octanol–water partition coefficient (Wildman–Crippen LogP) is 2.74. The molecular weight excluding hydrogens is 198 g/mol. The van der Waals surface area contributed by atoms with Crippen LogP contribution < -0.4 is 5.32 Å². The van der Waals surface area contributed by atoms with Crippen LogP contribution in [0.15, 0.2) is 18.2 Å². The summed E-state index contributed by atoms with van der Waals surface area (Å²) in [5, 5.41) is 3.38. The first-order valence-corrected chi connectivity index (χ1v) is 6.08. The molecule has 1 N–H and O–H groups in total. The second-order valence-corrected chi connectivity index (χ2v) is 4.66. The number of aryl methyl sites for hydroxylation is 2. The maximum absolute atomic E-state index is 5.77. The summed E-state index contributed by atoms with van der Waals surface area (Å²) >= 11 is 0. The third kappa shape index (κ3) is 2.28. The fraction of sp³-hybridized carbons (Fsp3) is 0.571. The zero-order valence-electron chi connectivity index (χ0n) is 10.4. The van der Waals surface area contributed by atoms with Gasteiger partial charge in [0.25, 0.3) is 0 Å². The van der Waals surface area contributed by atoms with Gasteiger partial charge in [0.1, 0.15) is 0 Å². The van der Waals surface area contributed by atoms with Crippen molar-refractivity contribution in [3.05, 3.63) is 34.9 Å². The van der Waals surface area contributed by atoms with Gasteiger partial charge in [0.15, 0.2) is 0 Å². The highest BCUT2D eigenvalue weighted by atomic mass is 16.5. The lowest BCUT2D eigenvalue weighted by atomic mass is 9.96. The number of benzene rings is 1. The van der Waals surface area contributed by atoms with E-state index in [2.05, 4.69) is 37.4 Å². The van der Waals surface area contributed by atoms with Crippen molar-refractivity contribution in [1.82, 2.24) is 5.32 Å². The standard InChI is InChI=1S/C14H21NO/c1-10-6-7-12(9-11(10)2)14(15-3)13-5-4-8-16-13/h6-7,9,13-15H,4-5,8H2,1-3H3. The number of ether oxygens (including phenoxy) is 1. The van der Waals surface area contributed by atoms with Gasteiger partial charge in [0.2, 0.25) is 0 Å². The Morgan fingerprint density at radius 3 is 2.69 bits per heavy atom. The van der Waals surface area contributed by atoms with Gasteiger partial charge in [0.05, 0.1) is 12.1 Å². The molecular formula is C14H21NO. The topological polar surface area (TPSA) is 21.3 Å². The van der Waals surface area contributed by atoms with Crippen LogP contribution in [0.1, 0.15) is 35.6 Å². The molecule has 2 nitrogen and oxygen atoms in total. The van der Waals surface area contributed by atoms with Crippen LogP contribution in [0.5, 0.6) is 0 Å².